The lowest BCUT2D eigenvalue weighted by atomic mass is 10.1. The summed E-state index contributed by atoms with van der Waals surface area (Å²) < 4.78 is 32.6. The van der Waals surface area contributed by atoms with E-state index in [9.17, 15) is 18.4 Å². The van der Waals surface area contributed by atoms with E-state index in [1.54, 1.807) is 30.3 Å². The van der Waals surface area contributed by atoms with Crippen LogP contribution in [-0.2, 0) is 9.53 Å². The summed E-state index contributed by atoms with van der Waals surface area (Å²) in [5.41, 5.74) is -0.376. The third kappa shape index (κ3) is 3.59. The van der Waals surface area contributed by atoms with Gasteiger partial charge >= 0.3 is 5.97 Å². The molecular weight excluding hydrogens is 316 g/mol. The van der Waals surface area contributed by atoms with Gasteiger partial charge in [0.2, 0.25) is 6.10 Å². The molecular formula is C18H15F2NO3. The number of ether oxygens (including phenoxy) is 1. The lowest BCUT2D eigenvalue weighted by Gasteiger charge is -2.18. The number of hydrogen-bond acceptors (Lipinski definition) is 3. The van der Waals surface area contributed by atoms with Gasteiger partial charge in [0, 0.05) is 11.6 Å². The Labute approximate surface area is 137 Å². The number of hydrogen-bond donors (Lipinski definition) is 1. The Morgan fingerprint density at radius 3 is 2.21 bits per heavy atom. The van der Waals surface area contributed by atoms with Crippen LogP contribution in [0.25, 0.3) is 0 Å². The minimum Gasteiger partial charge on any atom is -0.444 e. The molecule has 6 heteroatoms. The monoisotopic (exact) mass is 331 g/mol. The maximum Gasteiger partial charge on any atom is 0.345 e. The molecule has 24 heavy (non-hydrogen) atoms. The highest BCUT2D eigenvalue weighted by Gasteiger charge is 2.32. The molecule has 1 N–H and O–H groups in total. The van der Waals surface area contributed by atoms with Crippen molar-refractivity contribution >= 4 is 11.9 Å². The van der Waals surface area contributed by atoms with E-state index in [0.717, 1.165) is 31.0 Å². The predicted octanol–water partition coefficient (Wildman–Crippen LogP) is 3.14. The summed E-state index contributed by atoms with van der Waals surface area (Å²) in [4.78, 5) is 24.5. The van der Waals surface area contributed by atoms with Crippen LogP contribution in [0, 0.1) is 11.6 Å². The van der Waals surface area contributed by atoms with E-state index in [0.29, 0.717) is 5.56 Å². The Morgan fingerprint density at radius 2 is 1.62 bits per heavy atom. The zero-order chi connectivity index (χ0) is 17.1. The Balaban J connectivity index is 1.85. The van der Waals surface area contributed by atoms with Crippen molar-refractivity contribution in [2.75, 3.05) is 0 Å². The highest BCUT2D eigenvalue weighted by Crippen LogP contribution is 2.25. The van der Waals surface area contributed by atoms with Gasteiger partial charge in [0.15, 0.2) is 0 Å². The van der Waals surface area contributed by atoms with Crippen LogP contribution >= 0.6 is 0 Å². The van der Waals surface area contributed by atoms with Crippen molar-refractivity contribution in [3.05, 3.63) is 71.3 Å². The van der Waals surface area contributed by atoms with Crippen molar-refractivity contribution in [2.24, 2.45) is 0 Å². The summed E-state index contributed by atoms with van der Waals surface area (Å²) in [5.74, 6) is -3.79. The molecule has 1 saturated carbocycles. The van der Waals surface area contributed by atoms with Gasteiger partial charge < -0.3 is 10.1 Å². The number of amides is 1. The normalized spacial score (nSPS) is 14.8. The molecule has 1 atom stereocenters. The van der Waals surface area contributed by atoms with Crippen LogP contribution in [0.5, 0.6) is 0 Å². The second-order valence-electron chi connectivity index (χ2n) is 5.58. The van der Waals surface area contributed by atoms with Crippen molar-refractivity contribution < 1.29 is 23.1 Å². The zero-order valence-electron chi connectivity index (χ0n) is 12.7. The fraction of sp³-hybridized carbons (Fsp3) is 0.222. The van der Waals surface area contributed by atoms with E-state index in [1.807, 2.05) is 0 Å². The Morgan fingerprint density at radius 1 is 1.00 bits per heavy atom. The fourth-order valence-electron chi connectivity index (χ4n) is 2.26. The van der Waals surface area contributed by atoms with Crippen LogP contribution in [0.2, 0.25) is 0 Å². The number of esters is 1. The molecule has 1 amide bonds. The molecule has 0 heterocycles. The first kappa shape index (κ1) is 16.1. The second kappa shape index (κ2) is 6.78. The first-order valence-corrected chi connectivity index (χ1v) is 7.56. The van der Waals surface area contributed by atoms with Gasteiger partial charge in [-0.25, -0.2) is 13.6 Å². The van der Waals surface area contributed by atoms with Gasteiger partial charge in [-0.1, -0.05) is 36.4 Å². The van der Waals surface area contributed by atoms with Gasteiger partial charge in [0.1, 0.15) is 17.2 Å². The van der Waals surface area contributed by atoms with Gasteiger partial charge in [-0.3, -0.25) is 4.79 Å². The SMILES string of the molecule is O=C(O[C@H](C(=O)NC1CC1)c1ccccc1)c1c(F)cccc1F. The third-order valence-corrected chi connectivity index (χ3v) is 3.66. The number of benzene rings is 2. The standard InChI is InChI=1S/C18H15F2NO3/c19-13-7-4-8-14(20)15(13)18(23)24-16(11-5-2-1-3-6-11)17(22)21-12-9-10-12/h1-8,12,16H,9-10H2,(H,21,22)/t16-/m0/s1. The van der Waals surface area contributed by atoms with E-state index >= 15 is 0 Å². The first-order chi connectivity index (χ1) is 11.6. The predicted molar refractivity (Wildman–Crippen MR) is 82.1 cm³/mol. The molecule has 1 aliphatic rings. The highest BCUT2D eigenvalue weighted by atomic mass is 19.1. The molecule has 1 fully saturated rings. The molecule has 4 nitrogen and oxygen atoms in total. The molecule has 1 aliphatic carbocycles. The molecule has 0 unspecified atom stereocenters. The molecule has 0 spiro atoms. The van der Waals surface area contributed by atoms with Crippen LogP contribution in [0.4, 0.5) is 8.78 Å². The molecule has 0 aromatic heterocycles. The van der Waals surface area contributed by atoms with Gasteiger partial charge in [-0.2, -0.15) is 0 Å². The molecule has 0 aliphatic heterocycles. The maximum atomic E-state index is 13.7. The van der Waals surface area contributed by atoms with E-state index < -0.39 is 35.2 Å². The molecule has 2 aromatic carbocycles. The van der Waals surface area contributed by atoms with Crippen LogP contribution < -0.4 is 5.32 Å². The zero-order valence-corrected chi connectivity index (χ0v) is 12.7. The number of carbonyl (C=O) groups is 2. The number of carbonyl (C=O) groups excluding carboxylic acids is 2. The molecule has 2 aromatic rings. The fourth-order valence-corrected chi connectivity index (χ4v) is 2.26. The first-order valence-electron chi connectivity index (χ1n) is 7.56. The van der Waals surface area contributed by atoms with E-state index in [1.165, 1.54) is 0 Å². The van der Waals surface area contributed by atoms with Crippen molar-refractivity contribution in [1.29, 1.82) is 0 Å². The molecule has 0 saturated heterocycles. The van der Waals surface area contributed by atoms with Crippen molar-refractivity contribution in [3.63, 3.8) is 0 Å². The second-order valence-corrected chi connectivity index (χ2v) is 5.58. The summed E-state index contributed by atoms with van der Waals surface area (Å²) in [6.45, 7) is 0. The van der Waals surface area contributed by atoms with Crippen molar-refractivity contribution in [1.82, 2.24) is 5.32 Å². The lowest BCUT2D eigenvalue weighted by molar-refractivity contribution is -0.130. The molecule has 0 radical (unpaired) electrons. The highest BCUT2D eigenvalue weighted by molar-refractivity contribution is 5.93. The summed E-state index contributed by atoms with van der Waals surface area (Å²) in [5, 5.41) is 2.73. The Kier molecular flexibility index (Phi) is 4.55. The summed E-state index contributed by atoms with van der Waals surface area (Å²) in [6, 6.07) is 11.5. The summed E-state index contributed by atoms with van der Waals surface area (Å²) in [6.07, 6.45) is 0.463. The Bertz CT molecular complexity index is 740. The minimum absolute atomic E-state index is 0.0626. The average molecular weight is 331 g/mol. The van der Waals surface area contributed by atoms with Crippen LogP contribution in [0.3, 0.4) is 0 Å². The number of nitrogens with one attached hydrogen (secondary N) is 1. The smallest absolute Gasteiger partial charge is 0.345 e. The third-order valence-electron chi connectivity index (χ3n) is 3.66. The average Bonchev–Trinajstić information content (AvgIpc) is 3.37. The number of halogens is 2. The van der Waals surface area contributed by atoms with Gasteiger partial charge in [0.05, 0.1) is 0 Å². The lowest BCUT2D eigenvalue weighted by Crippen LogP contribution is -2.33. The van der Waals surface area contributed by atoms with Crippen LogP contribution in [0.1, 0.15) is 34.9 Å². The Hall–Kier alpha value is -2.76. The van der Waals surface area contributed by atoms with E-state index in [2.05, 4.69) is 5.32 Å². The van der Waals surface area contributed by atoms with Crippen molar-refractivity contribution in [2.45, 2.75) is 25.0 Å². The van der Waals surface area contributed by atoms with Crippen LogP contribution in [-0.4, -0.2) is 17.9 Å². The quantitative estimate of drug-likeness (QED) is 0.857. The maximum absolute atomic E-state index is 13.7. The summed E-state index contributed by atoms with van der Waals surface area (Å²) >= 11 is 0. The largest absolute Gasteiger partial charge is 0.444 e. The van der Waals surface area contributed by atoms with Crippen LogP contribution in [0.15, 0.2) is 48.5 Å². The van der Waals surface area contributed by atoms with E-state index in [4.69, 9.17) is 4.74 Å². The molecule has 0 bridgehead atoms. The van der Waals surface area contributed by atoms with Gasteiger partial charge in [0.25, 0.3) is 5.91 Å². The molecule has 124 valence electrons. The topological polar surface area (TPSA) is 55.4 Å². The van der Waals surface area contributed by atoms with E-state index in [-0.39, 0.29) is 6.04 Å². The molecule has 3 rings (SSSR count). The van der Waals surface area contributed by atoms with Gasteiger partial charge in [-0.15, -0.1) is 0 Å². The summed E-state index contributed by atoms with van der Waals surface area (Å²) in [7, 11) is 0. The minimum atomic E-state index is -1.27. The van der Waals surface area contributed by atoms with Gasteiger partial charge in [-0.05, 0) is 25.0 Å². The number of rotatable bonds is 5. The van der Waals surface area contributed by atoms with Crippen molar-refractivity contribution in [3.8, 4) is 0 Å².